The number of nitrogens with zero attached hydrogens (tertiary/aromatic N) is 2. The third kappa shape index (κ3) is 3.26. The fourth-order valence-electron chi connectivity index (χ4n) is 2.42. The number of aryl methyl sites for hydroxylation is 3. The van der Waals surface area contributed by atoms with Gasteiger partial charge in [-0.1, -0.05) is 18.2 Å². The average molecular weight is 312 g/mol. The van der Waals surface area contributed by atoms with E-state index in [1.54, 1.807) is 11.3 Å². The number of hydrogen-bond donors (Lipinski definition) is 2. The van der Waals surface area contributed by atoms with Crippen LogP contribution in [0.4, 0.5) is 0 Å². The third-order valence-electron chi connectivity index (χ3n) is 3.83. The average Bonchev–Trinajstić information content (AvgIpc) is 3.15. The first-order chi connectivity index (χ1) is 10.6. The van der Waals surface area contributed by atoms with Crippen molar-refractivity contribution in [2.75, 3.05) is 0 Å². The first-order valence-electron chi connectivity index (χ1n) is 7.36. The molecule has 3 aromatic rings. The summed E-state index contributed by atoms with van der Waals surface area (Å²) in [5.74, 6) is 1.64. The molecule has 4 nitrogen and oxygen atoms in total. The molecule has 0 unspecified atom stereocenters. The maximum atomic E-state index is 4.52. The second-order valence-corrected chi connectivity index (χ2v) is 6.50. The number of rotatable bonds is 5. The summed E-state index contributed by atoms with van der Waals surface area (Å²) in [6.45, 7) is 7.99. The Morgan fingerprint density at radius 1 is 1.09 bits per heavy atom. The van der Waals surface area contributed by atoms with Gasteiger partial charge in [-0.3, -0.25) is 5.10 Å². The second kappa shape index (κ2) is 6.42. The Bertz CT molecular complexity index is 759. The van der Waals surface area contributed by atoms with Crippen molar-refractivity contribution in [3.63, 3.8) is 0 Å². The van der Waals surface area contributed by atoms with Crippen molar-refractivity contribution < 1.29 is 0 Å². The highest BCUT2D eigenvalue weighted by molar-refractivity contribution is 7.13. The Labute approximate surface area is 134 Å². The van der Waals surface area contributed by atoms with Crippen LogP contribution in [0.25, 0.3) is 10.7 Å². The van der Waals surface area contributed by atoms with E-state index >= 15 is 0 Å². The van der Waals surface area contributed by atoms with Crippen molar-refractivity contribution in [2.24, 2.45) is 0 Å². The molecule has 22 heavy (non-hydrogen) atoms. The smallest absolute Gasteiger partial charge is 0.191 e. The first kappa shape index (κ1) is 14.9. The summed E-state index contributed by atoms with van der Waals surface area (Å²) in [7, 11) is 0. The van der Waals surface area contributed by atoms with Crippen LogP contribution in [0.1, 0.15) is 28.1 Å². The molecule has 5 heteroatoms. The van der Waals surface area contributed by atoms with Crippen molar-refractivity contribution >= 4 is 11.3 Å². The quantitative estimate of drug-likeness (QED) is 0.754. The standard InChI is InChI=1S/C17H20N4S/c1-11-7-13(3)14(8-12(11)2)9-18-10-16-19-17(21-20-16)15-5-4-6-22-15/h4-8,18H,9-10H2,1-3H3,(H,19,20,21). The topological polar surface area (TPSA) is 53.6 Å². The highest BCUT2D eigenvalue weighted by atomic mass is 32.1. The molecular formula is C17H20N4S. The van der Waals surface area contributed by atoms with Gasteiger partial charge in [0, 0.05) is 6.54 Å². The minimum absolute atomic E-state index is 0.685. The zero-order valence-corrected chi connectivity index (χ0v) is 13.9. The van der Waals surface area contributed by atoms with Gasteiger partial charge in [0.05, 0.1) is 11.4 Å². The van der Waals surface area contributed by atoms with E-state index in [9.17, 15) is 0 Å². The van der Waals surface area contributed by atoms with E-state index in [0.29, 0.717) is 6.54 Å². The van der Waals surface area contributed by atoms with Crippen LogP contribution in [-0.2, 0) is 13.1 Å². The van der Waals surface area contributed by atoms with Crippen LogP contribution >= 0.6 is 11.3 Å². The molecular weight excluding hydrogens is 292 g/mol. The molecule has 0 atom stereocenters. The van der Waals surface area contributed by atoms with Crippen molar-refractivity contribution in [3.8, 4) is 10.7 Å². The van der Waals surface area contributed by atoms with E-state index in [0.717, 1.165) is 23.1 Å². The summed E-state index contributed by atoms with van der Waals surface area (Å²) in [4.78, 5) is 5.61. The van der Waals surface area contributed by atoms with E-state index < -0.39 is 0 Å². The lowest BCUT2D eigenvalue weighted by molar-refractivity contribution is 0.662. The molecule has 0 radical (unpaired) electrons. The lowest BCUT2D eigenvalue weighted by Crippen LogP contribution is -2.14. The van der Waals surface area contributed by atoms with Gasteiger partial charge in [0.25, 0.3) is 0 Å². The second-order valence-electron chi connectivity index (χ2n) is 5.55. The minimum atomic E-state index is 0.685. The predicted octanol–water partition coefficient (Wildman–Crippen LogP) is 3.75. The van der Waals surface area contributed by atoms with Gasteiger partial charge in [-0.2, -0.15) is 5.10 Å². The Balaban J connectivity index is 1.61. The SMILES string of the molecule is Cc1cc(C)c(CNCc2nc(-c3cccs3)n[nH]2)cc1C. The van der Waals surface area contributed by atoms with Gasteiger partial charge in [-0.05, 0) is 54.5 Å². The molecule has 0 amide bonds. The molecule has 114 valence electrons. The number of hydrogen-bond acceptors (Lipinski definition) is 4. The van der Waals surface area contributed by atoms with Crippen LogP contribution in [0.2, 0.25) is 0 Å². The lowest BCUT2D eigenvalue weighted by atomic mass is 10.0. The molecule has 0 aliphatic carbocycles. The van der Waals surface area contributed by atoms with E-state index in [-0.39, 0.29) is 0 Å². The third-order valence-corrected chi connectivity index (χ3v) is 4.70. The minimum Gasteiger partial charge on any atom is -0.306 e. The Hall–Kier alpha value is -1.98. The summed E-state index contributed by atoms with van der Waals surface area (Å²) in [6.07, 6.45) is 0. The largest absolute Gasteiger partial charge is 0.306 e. The zero-order valence-electron chi connectivity index (χ0n) is 13.1. The van der Waals surface area contributed by atoms with Gasteiger partial charge in [0.2, 0.25) is 0 Å². The van der Waals surface area contributed by atoms with Crippen LogP contribution in [0.5, 0.6) is 0 Å². The molecule has 0 fully saturated rings. The van der Waals surface area contributed by atoms with Crippen molar-refractivity contribution in [3.05, 3.63) is 57.7 Å². The van der Waals surface area contributed by atoms with Gasteiger partial charge >= 0.3 is 0 Å². The van der Waals surface area contributed by atoms with Gasteiger partial charge in [-0.15, -0.1) is 11.3 Å². The number of benzene rings is 1. The number of aromatic nitrogens is 3. The Morgan fingerprint density at radius 2 is 1.91 bits per heavy atom. The van der Waals surface area contributed by atoms with Crippen LogP contribution in [0.15, 0.2) is 29.6 Å². The summed E-state index contributed by atoms with van der Waals surface area (Å²) in [5, 5.41) is 12.7. The molecule has 2 aromatic heterocycles. The zero-order chi connectivity index (χ0) is 15.5. The van der Waals surface area contributed by atoms with Crippen LogP contribution in [0.3, 0.4) is 0 Å². The molecule has 0 saturated carbocycles. The number of aromatic amines is 1. The van der Waals surface area contributed by atoms with E-state index in [1.807, 2.05) is 17.5 Å². The fraction of sp³-hybridized carbons (Fsp3) is 0.294. The van der Waals surface area contributed by atoms with Gasteiger partial charge in [0.15, 0.2) is 5.82 Å². The Morgan fingerprint density at radius 3 is 2.68 bits per heavy atom. The molecule has 2 N–H and O–H groups in total. The van der Waals surface area contributed by atoms with Crippen LogP contribution in [0, 0.1) is 20.8 Å². The molecule has 0 saturated heterocycles. The molecule has 2 heterocycles. The summed E-state index contributed by atoms with van der Waals surface area (Å²) < 4.78 is 0. The number of H-pyrrole nitrogens is 1. The van der Waals surface area contributed by atoms with E-state index in [2.05, 4.69) is 53.4 Å². The maximum absolute atomic E-state index is 4.52. The maximum Gasteiger partial charge on any atom is 0.191 e. The fourth-order valence-corrected chi connectivity index (χ4v) is 3.07. The van der Waals surface area contributed by atoms with Gasteiger partial charge < -0.3 is 5.32 Å². The first-order valence-corrected chi connectivity index (χ1v) is 8.24. The van der Waals surface area contributed by atoms with Crippen molar-refractivity contribution in [1.82, 2.24) is 20.5 Å². The normalized spacial score (nSPS) is 11.0. The van der Waals surface area contributed by atoms with Gasteiger partial charge in [0.1, 0.15) is 5.82 Å². The lowest BCUT2D eigenvalue weighted by Gasteiger charge is -2.10. The monoisotopic (exact) mass is 312 g/mol. The van der Waals surface area contributed by atoms with Crippen molar-refractivity contribution in [2.45, 2.75) is 33.9 Å². The molecule has 0 aliphatic rings. The summed E-state index contributed by atoms with van der Waals surface area (Å²) >= 11 is 1.65. The molecule has 0 spiro atoms. The highest BCUT2D eigenvalue weighted by Crippen LogP contribution is 2.20. The number of thiophene rings is 1. The highest BCUT2D eigenvalue weighted by Gasteiger charge is 2.07. The van der Waals surface area contributed by atoms with E-state index in [4.69, 9.17) is 0 Å². The summed E-state index contributed by atoms with van der Waals surface area (Å²) in [6, 6.07) is 8.55. The molecule has 3 rings (SSSR count). The number of nitrogens with one attached hydrogen (secondary N) is 2. The molecule has 1 aromatic carbocycles. The predicted molar refractivity (Wildman–Crippen MR) is 90.9 cm³/mol. The van der Waals surface area contributed by atoms with E-state index in [1.165, 1.54) is 22.3 Å². The Kier molecular flexibility index (Phi) is 4.36. The van der Waals surface area contributed by atoms with Crippen LogP contribution in [-0.4, -0.2) is 15.2 Å². The summed E-state index contributed by atoms with van der Waals surface area (Å²) in [5.41, 5.74) is 5.34. The van der Waals surface area contributed by atoms with Gasteiger partial charge in [-0.25, -0.2) is 4.98 Å². The van der Waals surface area contributed by atoms with Crippen molar-refractivity contribution in [1.29, 1.82) is 0 Å². The van der Waals surface area contributed by atoms with Crippen LogP contribution < -0.4 is 5.32 Å². The molecule has 0 bridgehead atoms. The molecule has 0 aliphatic heterocycles.